The number of cyclic esters (lactones) is 1. The molecule has 0 saturated carbocycles. The zero-order chi connectivity index (χ0) is 19.3. The maximum Gasteiger partial charge on any atom is 0.363 e. The van der Waals surface area contributed by atoms with Crippen LogP contribution in [0.15, 0.2) is 94.0 Å². The highest BCUT2D eigenvalue weighted by Crippen LogP contribution is 2.24. The molecule has 1 aliphatic heterocycles. The van der Waals surface area contributed by atoms with E-state index in [2.05, 4.69) is 20.9 Å². The largest absolute Gasteiger partial charge is 0.489 e. The molecular weight excluding hydrogens is 418 g/mol. The Labute approximate surface area is 171 Å². The van der Waals surface area contributed by atoms with Crippen LogP contribution in [0.4, 0.5) is 0 Å². The van der Waals surface area contributed by atoms with Gasteiger partial charge in [-0.2, -0.15) is 0 Å². The van der Waals surface area contributed by atoms with Crippen molar-refractivity contribution in [3.05, 3.63) is 106 Å². The summed E-state index contributed by atoms with van der Waals surface area (Å²) in [7, 11) is 0. The molecule has 28 heavy (non-hydrogen) atoms. The molecule has 1 aliphatic rings. The van der Waals surface area contributed by atoms with E-state index in [1.54, 1.807) is 6.08 Å². The number of benzene rings is 3. The number of carbonyl (C=O) groups excluding carboxylic acids is 1. The molecule has 0 bridgehead atoms. The lowest BCUT2D eigenvalue weighted by Crippen LogP contribution is -2.05. The Kier molecular flexibility index (Phi) is 5.35. The highest BCUT2D eigenvalue weighted by atomic mass is 79.9. The molecule has 0 saturated heterocycles. The average molecular weight is 434 g/mol. The maximum atomic E-state index is 12.2. The number of aliphatic imine (C=N–C) groups is 1. The molecule has 0 aromatic heterocycles. The molecule has 0 unspecified atom stereocenters. The third-order valence-electron chi connectivity index (χ3n) is 4.16. The van der Waals surface area contributed by atoms with Crippen molar-refractivity contribution < 1.29 is 14.3 Å². The lowest BCUT2D eigenvalue weighted by atomic mass is 10.2. The number of hydrogen-bond acceptors (Lipinski definition) is 4. The summed E-state index contributed by atoms with van der Waals surface area (Å²) in [6, 6.07) is 25.0. The molecule has 3 aromatic rings. The van der Waals surface area contributed by atoms with E-state index in [0.717, 1.165) is 26.9 Å². The smallest absolute Gasteiger partial charge is 0.363 e. The monoisotopic (exact) mass is 433 g/mol. The van der Waals surface area contributed by atoms with E-state index in [0.29, 0.717) is 12.5 Å². The molecule has 0 N–H and O–H groups in total. The minimum absolute atomic E-state index is 0.267. The van der Waals surface area contributed by atoms with Gasteiger partial charge in [0.25, 0.3) is 0 Å². The first-order valence-electron chi connectivity index (χ1n) is 8.73. The van der Waals surface area contributed by atoms with Crippen molar-refractivity contribution in [2.45, 2.75) is 6.61 Å². The Bertz CT molecular complexity index is 1060. The molecule has 5 heteroatoms. The quantitative estimate of drug-likeness (QED) is 0.401. The lowest BCUT2D eigenvalue weighted by molar-refractivity contribution is -0.129. The van der Waals surface area contributed by atoms with Crippen LogP contribution < -0.4 is 4.74 Å². The first-order chi connectivity index (χ1) is 13.7. The summed E-state index contributed by atoms with van der Waals surface area (Å²) >= 11 is 3.45. The number of halogens is 1. The van der Waals surface area contributed by atoms with E-state index in [1.807, 2.05) is 78.9 Å². The van der Waals surface area contributed by atoms with Crippen molar-refractivity contribution in [2.24, 2.45) is 4.99 Å². The van der Waals surface area contributed by atoms with Gasteiger partial charge >= 0.3 is 5.97 Å². The van der Waals surface area contributed by atoms with Crippen LogP contribution in [0.5, 0.6) is 5.75 Å². The van der Waals surface area contributed by atoms with Crippen LogP contribution in [-0.2, 0) is 16.1 Å². The van der Waals surface area contributed by atoms with Crippen LogP contribution in [0.25, 0.3) is 6.08 Å². The molecule has 0 fully saturated rings. The SMILES string of the molecule is O=C1OC(c2ccccc2Br)=N/C1=C/c1ccc(OCc2ccccc2)cc1. The molecular formula is C23H16BrNO3. The van der Waals surface area contributed by atoms with Crippen molar-refractivity contribution in [3.8, 4) is 5.75 Å². The molecule has 1 heterocycles. The summed E-state index contributed by atoms with van der Waals surface area (Å²) in [6.07, 6.45) is 1.70. The molecule has 0 amide bonds. The summed E-state index contributed by atoms with van der Waals surface area (Å²) in [5, 5.41) is 0. The fraction of sp³-hybridized carbons (Fsp3) is 0.0435. The van der Waals surface area contributed by atoms with Gasteiger partial charge in [0.15, 0.2) is 5.70 Å². The van der Waals surface area contributed by atoms with E-state index < -0.39 is 5.97 Å². The fourth-order valence-corrected chi connectivity index (χ4v) is 3.17. The van der Waals surface area contributed by atoms with Gasteiger partial charge < -0.3 is 9.47 Å². The van der Waals surface area contributed by atoms with Gasteiger partial charge in [-0.25, -0.2) is 9.79 Å². The Morgan fingerprint density at radius 2 is 1.64 bits per heavy atom. The summed E-state index contributed by atoms with van der Waals surface area (Å²) in [5.41, 5.74) is 2.96. The first-order valence-corrected chi connectivity index (χ1v) is 9.52. The second-order valence-electron chi connectivity index (χ2n) is 6.16. The molecule has 3 aromatic carbocycles. The van der Waals surface area contributed by atoms with E-state index in [1.165, 1.54) is 0 Å². The van der Waals surface area contributed by atoms with E-state index in [4.69, 9.17) is 9.47 Å². The number of esters is 1. The summed E-state index contributed by atoms with van der Waals surface area (Å²) in [5.74, 6) is 0.596. The highest BCUT2D eigenvalue weighted by molar-refractivity contribution is 9.10. The zero-order valence-corrected chi connectivity index (χ0v) is 16.4. The van der Waals surface area contributed by atoms with Crippen molar-refractivity contribution in [1.82, 2.24) is 0 Å². The normalized spacial score (nSPS) is 14.7. The predicted molar refractivity (Wildman–Crippen MR) is 112 cm³/mol. The van der Waals surface area contributed by atoms with Gasteiger partial charge in [0.05, 0.1) is 5.56 Å². The van der Waals surface area contributed by atoms with Gasteiger partial charge in [0, 0.05) is 4.47 Å². The second kappa shape index (κ2) is 8.23. The minimum atomic E-state index is -0.463. The van der Waals surface area contributed by atoms with Gasteiger partial charge in [-0.05, 0) is 57.4 Å². The number of nitrogens with zero attached hydrogens (tertiary/aromatic N) is 1. The lowest BCUT2D eigenvalue weighted by Gasteiger charge is -2.06. The number of hydrogen-bond donors (Lipinski definition) is 0. The Balaban J connectivity index is 1.48. The third kappa shape index (κ3) is 4.21. The first kappa shape index (κ1) is 18.2. The highest BCUT2D eigenvalue weighted by Gasteiger charge is 2.25. The van der Waals surface area contributed by atoms with Crippen molar-refractivity contribution >= 4 is 33.9 Å². The van der Waals surface area contributed by atoms with Gasteiger partial charge in [0.2, 0.25) is 5.90 Å². The predicted octanol–water partition coefficient (Wildman–Crippen LogP) is 5.37. The third-order valence-corrected chi connectivity index (χ3v) is 4.85. The van der Waals surface area contributed by atoms with Crippen molar-refractivity contribution in [2.75, 3.05) is 0 Å². The standard InChI is InChI=1S/C23H16BrNO3/c24-20-9-5-4-8-19(20)22-25-21(23(26)28-22)14-16-10-12-18(13-11-16)27-15-17-6-2-1-3-7-17/h1-14H,15H2/b21-14+. The zero-order valence-electron chi connectivity index (χ0n) is 14.8. The summed E-state index contributed by atoms with van der Waals surface area (Å²) < 4.78 is 11.9. The average Bonchev–Trinajstić information content (AvgIpc) is 3.08. The Hall–Kier alpha value is -3.18. The van der Waals surface area contributed by atoms with Crippen LogP contribution >= 0.6 is 15.9 Å². The molecule has 4 nitrogen and oxygen atoms in total. The number of rotatable bonds is 5. The minimum Gasteiger partial charge on any atom is -0.489 e. The Morgan fingerprint density at radius 1 is 0.929 bits per heavy atom. The molecule has 0 spiro atoms. The van der Waals surface area contributed by atoms with E-state index in [-0.39, 0.29) is 5.70 Å². The Morgan fingerprint density at radius 3 is 2.39 bits per heavy atom. The molecule has 138 valence electrons. The summed E-state index contributed by atoms with van der Waals surface area (Å²) in [4.78, 5) is 16.5. The molecule has 0 atom stereocenters. The number of carbonyl (C=O) groups is 1. The summed E-state index contributed by atoms with van der Waals surface area (Å²) in [6.45, 7) is 0.507. The van der Waals surface area contributed by atoms with E-state index in [9.17, 15) is 4.79 Å². The van der Waals surface area contributed by atoms with Crippen molar-refractivity contribution in [1.29, 1.82) is 0 Å². The van der Waals surface area contributed by atoms with Crippen LogP contribution in [0, 0.1) is 0 Å². The second-order valence-corrected chi connectivity index (χ2v) is 7.01. The van der Waals surface area contributed by atoms with E-state index >= 15 is 0 Å². The fourth-order valence-electron chi connectivity index (χ4n) is 2.72. The van der Waals surface area contributed by atoms with Gasteiger partial charge in [-0.3, -0.25) is 0 Å². The maximum absolute atomic E-state index is 12.2. The van der Waals surface area contributed by atoms with Crippen LogP contribution in [0.1, 0.15) is 16.7 Å². The van der Waals surface area contributed by atoms with Gasteiger partial charge in [-0.15, -0.1) is 0 Å². The van der Waals surface area contributed by atoms with Crippen molar-refractivity contribution in [3.63, 3.8) is 0 Å². The van der Waals surface area contributed by atoms with Crippen LogP contribution in [0.3, 0.4) is 0 Å². The van der Waals surface area contributed by atoms with Crippen LogP contribution in [0.2, 0.25) is 0 Å². The topological polar surface area (TPSA) is 47.9 Å². The van der Waals surface area contributed by atoms with Gasteiger partial charge in [0.1, 0.15) is 12.4 Å². The van der Waals surface area contributed by atoms with Gasteiger partial charge in [-0.1, -0.05) is 54.6 Å². The molecule has 4 rings (SSSR count). The molecule has 0 radical (unpaired) electrons. The van der Waals surface area contributed by atoms with Crippen LogP contribution in [-0.4, -0.2) is 11.9 Å². The molecule has 0 aliphatic carbocycles. The number of ether oxygens (including phenoxy) is 2.